The average Bonchev–Trinajstić information content (AvgIpc) is 2.73. The average molecular weight is 287 g/mol. The molecular formula is C15H13NO5. The van der Waals surface area contributed by atoms with Crippen molar-refractivity contribution in [1.29, 1.82) is 0 Å². The molecule has 0 saturated heterocycles. The third-order valence-electron chi connectivity index (χ3n) is 3.03. The molecule has 108 valence electrons. The molecule has 0 atom stereocenters. The van der Waals surface area contributed by atoms with Crippen LogP contribution in [0.15, 0.2) is 41.2 Å². The highest BCUT2D eigenvalue weighted by Crippen LogP contribution is 2.21. The van der Waals surface area contributed by atoms with Gasteiger partial charge < -0.3 is 15.2 Å². The Bertz CT molecular complexity index is 683. The van der Waals surface area contributed by atoms with Crippen molar-refractivity contribution in [2.45, 2.75) is 6.92 Å². The summed E-state index contributed by atoms with van der Waals surface area (Å²) in [5.41, 5.74) is 1.46. The molecule has 6 heteroatoms. The Morgan fingerprint density at radius 1 is 1.24 bits per heavy atom. The zero-order chi connectivity index (χ0) is 15.6. The van der Waals surface area contributed by atoms with E-state index in [9.17, 15) is 14.4 Å². The number of rotatable bonds is 3. The van der Waals surface area contributed by atoms with Crippen LogP contribution in [0.3, 0.4) is 0 Å². The minimum Gasteiger partial charge on any atom is -0.478 e. The molecular weight excluding hydrogens is 274 g/mol. The van der Waals surface area contributed by atoms with Crippen LogP contribution in [-0.4, -0.2) is 29.9 Å². The van der Waals surface area contributed by atoms with Gasteiger partial charge in [0.1, 0.15) is 5.57 Å². The molecule has 0 fully saturated rings. The summed E-state index contributed by atoms with van der Waals surface area (Å²) < 4.78 is 4.57. The topological polar surface area (TPSA) is 92.7 Å². The van der Waals surface area contributed by atoms with Gasteiger partial charge in [0.25, 0.3) is 0 Å². The van der Waals surface area contributed by atoms with Gasteiger partial charge in [-0.15, -0.1) is 0 Å². The van der Waals surface area contributed by atoms with Crippen LogP contribution in [0.1, 0.15) is 22.8 Å². The van der Waals surface area contributed by atoms with Crippen molar-refractivity contribution in [3.8, 4) is 0 Å². The molecule has 1 heterocycles. The third-order valence-corrected chi connectivity index (χ3v) is 3.03. The fourth-order valence-electron chi connectivity index (χ4n) is 1.96. The quantitative estimate of drug-likeness (QED) is 0.495. The Labute approximate surface area is 120 Å². The number of esters is 1. The van der Waals surface area contributed by atoms with E-state index in [-0.39, 0.29) is 16.8 Å². The van der Waals surface area contributed by atoms with Crippen LogP contribution in [0.2, 0.25) is 0 Å². The minimum absolute atomic E-state index is 0.0223. The van der Waals surface area contributed by atoms with Crippen molar-refractivity contribution in [2.75, 3.05) is 7.11 Å². The molecule has 1 aliphatic rings. The summed E-state index contributed by atoms with van der Waals surface area (Å²) in [6, 6.07) is 6.04. The molecule has 0 aromatic heterocycles. The fraction of sp³-hybridized carbons (Fsp3) is 0.133. The molecule has 1 aliphatic heterocycles. The molecule has 6 nitrogen and oxygen atoms in total. The van der Waals surface area contributed by atoms with E-state index in [1.807, 2.05) is 0 Å². The highest BCUT2D eigenvalue weighted by atomic mass is 16.5. The monoisotopic (exact) mass is 287 g/mol. The Hall–Kier alpha value is -2.89. The standard InChI is InChI=1S/C15H13NO5/c1-8-12(15(20)21-2)13(17)11(16-8)7-9-3-5-10(6-4-9)14(18)19/h3-7,16H,1-2H3,(H,18,19)/b11-7+. The van der Waals surface area contributed by atoms with E-state index in [1.54, 1.807) is 25.1 Å². The van der Waals surface area contributed by atoms with E-state index < -0.39 is 17.7 Å². The first-order valence-corrected chi connectivity index (χ1v) is 6.10. The van der Waals surface area contributed by atoms with Gasteiger partial charge in [-0.1, -0.05) is 12.1 Å². The van der Waals surface area contributed by atoms with Gasteiger partial charge in [0, 0.05) is 5.70 Å². The fourth-order valence-corrected chi connectivity index (χ4v) is 1.96. The Balaban J connectivity index is 2.26. The molecule has 0 radical (unpaired) electrons. The second-order valence-electron chi connectivity index (χ2n) is 4.43. The highest BCUT2D eigenvalue weighted by Gasteiger charge is 2.31. The number of carboxylic acid groups (broad SMARTS) is 1. The van der Waals surface area contributed by atoms with Crippen molar-refractivity contribution in [3.05, 3.63) is 52.4 Å². The van der Waals surface area contributed by atoms with Gasteiger partial charge >= 0.3 is 11.9 Å². The van der Waals surface area contributed by atoms with Crippen LogP contribution in [0.5, 0.6) is 0 Å². The zero-order valence-electron chi connectivity index (χ0n) is 11.5. The summed E-state index contributed by atoms with van der Waals surface area (Å²) in [7, 11) is 1.21. The number of carbonyl (C=O) groups is 3. The second-order valence-corrected chi connectivity index (χ2v) is 4.43. The van der Waals surface area contributed by atoms with Crippen LogP contribution in [-0.2, 0) is 14.3 Å². The Kier molecular flexibility index (Phi) is 3.89. The SMILES string of the molecule is COC(=O)C1=C(C)N/C(=C/c2ccc(C(=O)O)cc2)C1=O. The molecule has 0 aliphatic carbocycles. The first-order valence-electron chi connectivity index (χ1n) is 6.10. The van der Waals surface area contributed by atoms with Crippen molar-refractivity contribution in [3.63, 3.8) is 0 Å². The van der Waals surface area contributed by atoms with E-state index in [0.29, 0.717) is 11.3 Å². The van der Waals surface area contributed by atoms with Gasteiger partial charge in [-0.2, -0.15) is 0 Å². The lowest BCUT2D eigenvalue weighted by atomic mass is 10.1. The number of hydrogen-bond donors (Lipinski definition) is 2. The van der Waals surface area contributed by atoms with Gasteiger partial charge in [-0.25, -0.2) is 9.59 Å². The highest BCUT2D eigenvalue weighted by molar-refractivity contribution is 6.27. The van der Waals surface area contributed by atoms with Crippen LogP contribution in [0.25, 0.3) is 6.08 Å². The number of carboxylic acids is 1. The van der Waals surface area contributed by atoms with Crippen molar-refractivity contribution < 1.29 is 24.2 Å². The first-order chi connectivity index (χ1) is 9.93. The Morgan fingerprint density at radius 2 is 1.86 bits per heavy atom. The summed E-state index contributed by atoms with van der Waals surface area (Å²) in [6.07, 6.45) is 1.55. The molecule has 0 spiro atoms. The lowest BCUT2D eigenvalue weighted by Crippen LogP contribution is -2.13. The number of Topliss-reactive ketones (excluding diaryl/α,β-unsaturated/α-hetero) is 1. The number of allylic oxidation sites excluding steroid dienone is 2. The number of ketones is 1. The number of nitrogens with one attached hydrogen (secondary N) is 1. The van der Waals surface area contributed by atoms with Crippen molar-refractivity contribution in [2.24, 2.45) is 0 Å². The van der Waals surface area contributed by atoms with Crippen LogP contribution < -0.4 is 5.32 Å². The van der Waals surface area contributed by atoms with Crippen molar-refractivity contribution >= 4 is 23.8 Å². The van der Waals surface area contributed by atoms with Gasteiger partial charge in [-0.3, -0.25) is 4.79 Å². The minimum atomic E-state index is -1.02. The smallest absolute Gasteiger partial charge is 0.343 e. The van der Waals surface area contributed by atoms with Crippen LogP contribution in [0.4, 0.5) is 0 Å². The third kappa shape index (κ3) is 2.84. The van der Waals surface area contributed by atoms with Gasteiger partial charge in [0.05, 0.1) is 18.4 Å². The maximum absolute atomic E-state index is 12.1. The molecule has 0 unspecified atom stereocenters. The Morgan fingerprint density at radius 3 is 2.38 bits per heavy atom. The maximum Gasteiger partial charge on any atom is 0.343 e. The number of hydrogen-bond acceptors (Lipinski definition) is 5. The van der Waals surface area contributed by atoms with Gasteiger partial charge in [0.2, 0.25) is 5.78 Å². The van der Waals surface area contributed by atoms with Gasteiger partial charge in [-0.05, 0) is 30.7 Å². The van der Waals surface area contributed by atoms with E-state index >= 15 is 0 Å². The molecule has 0 amide bonds. The number of ether oxygens (including phenoxy) is 1. The van der Waals surface area contributed by atoms with E-state index in [1.165, 1.54) is 19.2 Å². The second kappa shape index (κ2) is 5.62. The maximum atomic E-state index is 12.1. The summed E-state index contributed by atoms with van der Waals surface area (Å²) >= 11 is 0. The largest absolute Gasteiger partial charge is 0.478 e. The normalized spacial score (nSPS) is 16.1. The molecule has 1 aromatic rings. The lowest BCUT2D eigenvalue weighted by Gasteiger charge is -2.00. The zero-order valence-corrected chi connectivity index (χ0v) is 11.5. The number of methoxy groups -OCH3 is 1. The number of benzene rings is 1. The summed E-state index contributed by atoms with van der Waals surface area (Å²) in [4.78, 5) is 34.4. The molecule has 0 saturated carbocycles. The first kappa shape index (κ1) is 14.5. The summed E-state index contributed by atoms with van der Waals surface area (Å²) in [6.45, 7) is 1.61. The summed E-state index contributed by atoms with van der Waals surface area (Å²) in [5.74, 6) is -2.15. The molecule has 1 aromatic carbocycles. The molecule has 0 bridgehead atoms. The van der Waals surface area contributed by atoms with Crippen molar-refractivity contribution in [1.82, 2.24) is 5.32 Å². The predicted octanol–water partition coefficient (Wildman–Crippen LogP) is 1.34. The predicted molar refractivity (Wildman–Crippen MR) is 74.2 cm³/mol. The number of carbonyl (C=O) groups excluding carboxylic acids is 2. The van der Waals surface area contributed by atoms with E-state index in [0.717, 1.165) is 0 Å². The number of aromatic carboxylic acids is 1. The van der Waals surface area contributed by atoms with Crippen LogP contribution >= 0.6 is 0 Å². The van der Waals surface area contributed by atoms with E-state index in [4.69, 9.17) is 5.11 Å². The molecule has 21 heavy (non-hydrogen) atoms. The van der Waals surface area contributed by atoms with Gasteiger partial charge in [0.15, 0.2) is 0 Å². The van der Waals surface area contributed by atoms with E-state index in [2.05, 4.69) is 10.1 Å². The van der Waals surface area contributed by atoms with Crippen LogP contribution in [0, 0.1) is 0 Å². The lowest BCUT2D eigenvalue weighted by molar-refractivity contribution is -0.137. The molecule has 2 rings (SSSR count). The summed E-state index contributed by atoms with van der Waals surface area (Å²) in [5, 5.41) is 11.6. The molecule has 2 N–H and O–H groups in total.